The largest absolute Gasteiger partial charge is 0.357 e. The third-order valence-corrected chi connectivity index (χ3v) is 6.60. The van der Waals surface area contributed by atoms with Gasteiger partial charge in [0.25, 0.3) is 5.91 Å². The van der Waals surface area contributed by atoms with Crippen LogP contribution in [0, 0.1) is 12.8 Å². The van der Waals surface area contributed by atoms with Gasteiger partial charge in [0, 0.05) is 43.2 Å². The first kappa shape index (κ1) is 17.3. The van der Waals surface area contributed by atoms with E-state index in [1.807, 2.05) is 24.1 Å². The van der Waals surface area contributed by atoms with Crippen LogP contribution in [0.2, 0.25) is 0 Å². The summed E-state index contributed by atoms with van der Waals surface area (Å²) in [4.78, 5) is 33.7. The molecule has 4 heterocycles. The van der Waals surface area contributed by atoms with Crippen LogP contribution in [-0.4, -0.2) is 52.3 Å². The van der Waals surface area contributed by atoms with Gasteiger partial charge in [-0.3, -0.25) is 9.59 Å². The summed E-state index contributed by atoms with van der Waals surface area (Å²) < 4.78 is 0. The quantitative estimate of drug-likeness (QED) is 0.898. The van der Waals surface area contributed by atoms with E-state index in [1.165, 1.54) is 4.88 Å². The van der Waals surface area contributed by atoms with Crippen LogP contribution in [0.3, 0.4) is 0 Å². The molecule has 1 N–H and O–H groups in total. The van der Waals surface area contributed by atoms with Crippen molar-refractivity contribution in [3.05, 3.63) is 45.9 Å². The minimum Gasteiger partial charge on any atom is -0.357 e. The van der Waals surface area contributed by atoms with Crippen LogP contribution < -0.4 is 0 Å². The van der Waals surface area contributed by atoms with Gasteiger partial charge in [0.15, 0.2) is 0 Å². The van der Waals surface area contributed by atoms with E-state index in [-0.39, 0.29) is 17.9 Å². The second kappa shape index (κ2) is 7.27. The maximum atomic E-state index is 12.7. The first-order valence-electron chi connectivity index (χ1n) is 9.38. The smallest absolute Gasteiger partial charge is 0.270 e. The van der Waals surface area contributed by atoms with Crippen LogP contribution in [-0.2, 0) is 11.2 Å². The highest BCUT2D eigenvalue weighted by Gasteiger charge is 2.40. The number of hydrogen-bond donors (Lipinski definition) is 1. The molecule has 0 aromatic carbocycles. The lowest BCUT2D eigenvalue weighted by Gasteiger charge is -2.47. The van der Waals surface area contributed by atoms with E-state index < -0.39 is 0 Å². The normalized spacial score (nSPS) is 23.2. The van der Waals surface area contributed by atoms with Crippen molar-refractivity contribution in [1.29, 1.82) is 0 Å². The highest BCUT2D eigenvalue weighted by molar-refractivity contribution is 7.09. The second-order valence-electron chi connectivity index (χ2n) is 7.41. The molecule has 2 aromatic rings. The van der Waals surface area contributed by atoms with Crippen LogP contribution >= 0.6 is 11.3 Å². The lowest BCUT2D eigenvalue weighted by Crippen LogP contribution is -2.57. The fraction of sp³-hybridized carbons (Fsp3) is 0.500. The molecule has 0 bridgehead atoms. The lowest BCUT2D eigenvalue weighted by molar-refractivity contribution is -0.140. The second-order valence-corrected chi connectivity index (χ2v) is 8.45. The predicted octanol–water partition coefficient (Wildman–Crippen LogP) is 3.08. The summed E-state index contributed by atoms with van der Waals surface area (Å²) in [7, 11) is 0. The molecule has 2 saturated heterocycles. The third kappa shape index (κ3) is 3.43. The number of rotatable bonds is 4. The molecular weight excluding hydrogens is 346 g/mol. The zero-order chi connectivity index (χ0) is 18.1. The molecule has 0 unspecified atom stereocenters. The number of aryl methyl sites for hydroxylation is 1. The maximum Gasteiger partial charge on any atom is 0.270 e. The Morgan fingerprint density at radius 2 is 2.27 bits per heavy atom. The average Bonchev–Trinajstić information content (AvgIpc) is 3.31. The Morgan fingerprint density at radius 1 is 1.38 bits per heavy atom. The number of thiophene rings is 1. The molecule has 6 heteroatoms. The van der Waals surface area contributed by atoms with Crippen LogP contribution in [0.25, 0.3) is 0 Å². The number of carbonyl (C=O) groups excluding carboxylic acids is 2. The summed E-state index contributed by atoms with van der Waals surface area (Å²) in [6, 6.07) is 6.39. The van der Waals surface area contributed by atoms with E-state index in [0.29, 0.717) is 18.0 Å². The van der Waals surface area contributed by atoms with Gasteiger partial charge in [0.05, 0.1) is 0 Å². The number of nitrogens with one attached hydrogen (secondary N) is 1. The fourth-order valence-electron chi connectivity index (χ4n) is 4.31. The van der Waals surface area contributed by atoms with Gasteiger partial charge in [0.1, 0.15) is 5.69 Å². The van der Waals surface area contributed by atoms with Crippen molar-refractivity contribution in [1.82, 2.24) is 14.8 Å². The van der Waals surface area contributed by atoms with Crippen molar-refractivity contribution >= 4 is 23.2 Å². The Bertz CT molecular complexity index is 783. The van der Waals surface area contributed by atoms with E-state index in [2.05, 4.69) is 27.4 Å². The predicted molar refractivity (Wildman–Crippen MR) is 102 cm³/mol. The van der Waals surface area contributed by atoms with Gasteiger partial charge in [-0.2, -0.15) is 0 Å². The number of fused-ring (bicyclic) bond motifs is 1. The van der Waals surface area contributed by atoms with E-state index in [1.54, 1.807) is 11.3 Å². The zero-order valence-corrected chi connectivity index (χ0v) is 15.9. The lowest BCUT2D eigenvalue weighted by atomic mass is 9.83. The summed E-state index contributed by atoms with van der Waals surface area (Å²) in [6.07, 6.45) is 5.18. The molecule has 2 aromatic heterocycles. The molecule has 2 aliphatic rings. The van der Waals surface area contributed by atoms with Crippen LogP contribution in [0.5, 0.6) is 0 Å². The molecule has 138 valence electrons. The Labute approximate surface area is 158 Å². The molecule has 5 nitrogen and oxygen atoms in total. The minimum atomic E-state index is 0.0820. The van der Waals surface area contributed by atoms with E-state index in [9.17, 15) is 9.59 Å². The molecule has 2 fully saturated rings. The average molecular weight is 372 g/mol. The Hall–Kier alpha value is -2.08. The number of aromatic nitrogens is 1. The number of hydrogen-bond acceptors (Lipinski definition) is 3. The molecule has 0 aliphatic carbocycles. The summed E-state index contributed by atoms with van der Waals surface area (Å²) in [5.74, 6) is 0.756. The number of amides is 2. The monoisotopic (exact) mass is 371 g/mol. The van der Waals surface area contributed by atoms with Crippen molar-refractivity contribution in [2.75, 3.05) is 19.6 Å². The third-order valence-electron chi connectivity index (χ3n) is 5.67. The van der Waals surface area contributed by atoms with Crippen molar-refractivity contribution in [3.8, 4) is 0 Å². The first-order chi connectivity index (χ1) is 12.6. The van der Waals surface area contributed by atoms with Crippen molar-refractivity contribution < 1.29 is 9.59 Å². The maximum absolute atomic E-state index is 12.7. The standard InChI is InChI=1S/C20H25N3O2S/c1-14-11-17(21-12-14)20(25)22-8-7-18-15(13-22)4-5-19(24)23(18)9-6-16-3-2-10-26-16/h2-3,10-12,15,18,21H,4-9,13H2,1H3/t15-,18+/m0/s1. The molecule has 2 atom stereocenters. The van der Waals surface area contributed by atoms with Gasteiger partial charge < -0.3 is 14.8 Å². The molecule has 0 saturated carbocycles. The van der Waals surface area contributed by atoms with Crippen LogP contribution in [0.15, 0.2) is 29.8 Å². The Kier molecular flexibility index (Phi) is 4.85. The molecule has 0 radical (unpaired) electrons. The molecule has 0 spiro atoms. The molecule has 4 rings (SSSR count). The minimum absolute atomic E-state index is 0.0820. The number of nitrogens with zero attached hydrogens (tertiary/aromatic N) is 2. The summed E-state index contributed by atoms with van der Waals surface area (Å²) in [5, 5.41) is 2.09. The van der Waals surface area contributed by atoms with Crippen LogP contribution in [0.4, 0.5) is 0 Å². The van der Waals surface area contributed by atoms with E-state index >= 15 is 0 Å². The van der Waals surface area contributed by atoms with Gasteiger partial charge >= 0.3 is 0 Å². The Morgan fingerprint density at radius 3 is 3.00 bits per heavy atom. The Balaban J connectivity index is 1.41. The summed E-state index contributed by atoms with van der Waals surface area (Å²) in [6.45, 7) is 4.26. The highest BCUT2D eigenvalue weighted by atomic mass is 32.1. The number of carbonyl (C=O) groups is 2. The van der Waals surface area contributed by atoms with E-state index in [4.69, 9.17) is 0 Å². The number of likely N-dealkylation sites (tertiary alicyclic amines) is 2. The van der Waals surface area contributed by atoms with Gasteiger partial charge in [-0.1, -0.05) is 6.07 Å². The van der Waals surface area contributed by atoms with Gasteiger partial charge in [0.2, 0.25) is 5.91 Å². The SMILES string of the molecule is Cc1c[nH]c(C(=O)N2CC[C@@H]3[C@@H](CCC(=O)N3CCc3cccs3)C2)c1. The molecule has 26 heavy (non-hydrogen) atoms. The number of aromatic amines is 1. The van der Waals surface area contributed by atoms with Crippen LogP contribution in [0.1, 0.15) is 40.2 Å². The summed E-state index contributed by atoms with van der Waals surface area (Å²) in [5.41, 5.74) is 1.74. The first-order valence-corrected chi connectivity index (χ1v) is 10.3. The van der Waals surface area contributed by atoms with E-state index in [0.717, 1.165) is 44.5 Å². The van der Waals surface area contributed by atoms with Crippen molar-refractivity contribution in [2.24, 2.45) is 5.92 Å². The summed E-state index contributed by atoms with van der Waals surface area (Å²) >= 11 is 1.75. The van der Waals surface area contributed by atoms with Crippen molar-refractivity contribution in [3.63, 3.8) is 0 Å². The van der Waals surface area contributed by atoms with Crippen molar-refractivity contribution in [2.45, 2.75) is 38.6 Å². The highest BCUT2D eigenvalue weighted by Crippen LogP contribution is 2.32. The molecular formula is C20H25N3O2S. The fourth-order valence-corrected chi connectivity index (χ4v) is 5.01. The zero-order valence-electron chi connectivity index (χ0n) is 15.1. The van der Waals surface area contributed by atoms with Gasteiger partial charge in [-0.05, 0) is 55.2 Å². The molecule has 2 amide bonds. The number of H-pyrrole nitrogens is 1. The number of piperidine rings is 2. The topological polar surface area (TPSA) is 56.4 Å². The van der Waals surface area contributed by atoms with Gasteiger partial charge in [-0.15, -0.1) is 11.3 Å². The molecule has 2 aliphatic heterocycles. The van der Waals surface area contributed by atoms with Gasteiger partial charge in [-0.25, -0.2) is 0 Å².